The average Bonchev–Trinajstić information content (AvgIpc) is 2.29. The minimum absolute atomic E-state index is 0.130. The molecule has 0 radical (unpaired) electrons. The number of aliphatic carboxylic acids is 1. The van der Waals surface area contributed by atoms with Gasteiger partial charge in [0, 0.05) is 30.7 Å². The highest BCUT2D eigenvalue weighted by molar-refractivity contribution is 5.93. The van der Waals surface area contributed by atoms with E-state index in [4.69, 9.17) is 0 Å². The van der Waals surface area contributed by atoms with Crippen LogP contribution in [0.5, 0.6) is 0 Å². The fourth-order valence-electron chi connectivity index (χ4n) is 1.51. The zero-order valence-corrected chi connectivity index (χ0v) is 10.8. The average molecular weight is 263 g/mol. The molecule has 0 aliphatic carbocycles. The highest BCUT2D eigenvalue weighted by atomic mass is 16.4. The monoisotopic (exact) mass is 263 g/mol. The predicted molar refractivity (Wildman–Crippen MR) is 68.4 cm³/mol. The number of amides is 2. The molecule has 0 saturated heterocycles. The lowest BCUT2D eigenvalue weighted by molar-refractivity contribution is -0.305. The lowest BCUT2D eigenvalue weighted by Crippen LogP contribution is -2.24. The Hall–Kier alpha value is -2.37. The van der Waals surface area contributed by atoms with Gasteiger partial charge in [0.15, 0.2) is 0 Å². The summed E-state index contributed by atoms with van der Waals surface area (Å²) in [5.74, 6) is -1.82. The van der Waals surface area contributed by atoms with E-state index in [0.29, 0.717) is 11.4 Å². The number of hydrogen-bond acceptors (Lipinski definition) is 4. The van der Waals surface area contributed by atoms with E-state index < -0.39 is 11.9 Å². The molecule has 0 aromatic heterocycles. The predicted octanol–water partition coefficient (Wildman–Crippen LogP) is 0.422. The van der Waals surface area contributed by atoms with Gasteiger partial charge in [-0.2, -0.15) is 0 Å². The molecule has 1 rings (SSSR count). The van der Waals surface area contributed by atoms with Gasteiger partial charge in [0.2, 0.25) is 11.8 Å². The van der Waals surface area contributed by atoms with Crippen LogP contribution in [0.4, 0.5) is 11.4 Å². The van der Waals surface area contributed by atoms with Crippen molar-refractivity contribution in [2.45, 2.75) is 26.7 Å². The minimum atomic E-state index is -1.26. The normalized spacial score (nSPS) is 9.79. The van der Waals surface area contributed by atoms with Crippen LogP contribution >= 0.6 is 0 Å². The number of carboxylic acids is 1. The molecular weight excluding hydrogens is 248 g/mol. The van der Waals surface area contributed by atoms with Crippen molar-refractivity contribution in [2.75, 3.05) is 10.6 Å². The first-order chi connectivity index (χ1) is 8.88. The second-order valence-corrected chi connectivity index (χ2v) is 4.13. The first-order valence-corrected chi connectivity index (χ1v) is 5.76. The van der Waals surface area contributed by atoms with E-state index >= 15 is 0 Å². The Kier molecular flexibility index (Phi) is 5.05. The van der Waals surface area contributed by atoms with Gasteiger partial charge in [-0.3, -0.25) is 9.59 Å². The lowest BCUT2D eigenvalue weighted by atomic mass is 10.1. The van der Waals surface area contributed by atoms with Gasteiger partial charge in [-0.25, -0.2) is 0 Å². The van der Waals surface area contributed by atoms with E-state index in [2.05, 4.69) is 10.6 Å². The molecule has 0 atom stereocenters. The number of carbonyl (C=O) groups is 3. The van der Waals surface area contributed by atoms with E-state index in [1.54, 1.807) is 25.1 Å². The summed E-state index contributed by atoms with van der Waals surface area (Å²) in [5.41, 5.74) is 2.02. The Morgan fingerprint density at radius 2 is 1.84 bits per heavy atom. The summed E-state index contributed by atoms with van der Waals surface area (Å²) >= 11 is 0. The van der Waals surface area contributed by atoms with Gasteiger partial charge in [-0.05, 0) is 37.1 Å². The van der Waals surface area contributed by atoms with Gasteiger partial charge in [0.25, 0.3) is 0 Å². The fraction of sp³-hybridized carbons (Fsp3) is 0.308. The summed E-state index contributed by atoms with van der Waals surface area (Å²) in [4.78, 5) is 32.6. The van der Waals surface area contributed by atoms with Crippen molar-refractivity contribution in [3.8, 4) is 0 Å². The molecule has 0 unspecified atom stereocenters. The van der Waals surface area contributed by atoms with Crippen molar-refractivity contribution in [3.63, 3.8) is 0 Å². The van der Waals surface area contributed by atoms with Gasteiger partial charge < -0.3 is 20.5 Å². The zero-order chi connectivity index (χ0) is 14.4. The minimum Gasteiger partial charge on any atom is -0.550 e. The van der Waals surface area contributed by atoms with E-state index in [0.717, 1.165) is 5.56 Å². The van der Waals surface area contributed by atoms with Crippen LogP contribution in [0.1, 0.15) is 25.3 Å². The maximum absolute atomic E-state index is 11.4. The standard InChI is InChI=1S/C13H16N2O4/c1-8-7-10(3-4-11(8)14-9(2)16)15-12(17)5-6-13(18)19/h3-4,7H,5-6H2,1-2H3,(H,14,16)(H,15,17)(H,18,19)/p-1. The molecule has 6 nitrogen and oxygen atoms in total. The summed E-state index contributed by atoms with van der Waals surface area (Å²) in [7, 11) is 0. The van der Waals surface area contributed by atoms with Crippen LogP contribution in [0.25, 0.3) is 0 Å². The van der Waals surface area contributed by atoms with Crippen LogP contribution in [-0.2, 0) is 14.4 Å². The molecule has 0 heterocycles. The Balaban J connectivity index is 2.65. The van der Waals surface area contributed by atoms with Crippen molar-refractivity contribution < 1.29 is 19.5 Å². The Labute approximate surface area is 110 Å². The molecule has 0 aliphatic rings. The van der Waals surface area contributed by atoms with Crippen LogP contribution < -0.4 is 15.7 Å². The summed E-state index contributed by atoms with van der Waals surface area (Å²) in [6.45, 7) is 3.21. The molecule has 0 bridgehead atoms. The van der Waals surface area contributed by atoms with Gasteiger partial charge in [-0.15, -0.1) is 0 Å². The zero-order valence-electron chi connectivity index (χ0n) is 10.8. The molecule has 6 heteroatoms. The Morgan fingerprint density at radius 3 is 2.37 bits per heavy atom. The molecule has 0 aliphatic heterocycles. The highest BCUT2D eigenvalue weighted by Gasteiger charge is 2.05. The van der Waals surface area contributed by atoms with Crippen molar-refractivity contribution in [1.29, 1.82) is 0 Å². The van der Waals surface area contributed by atoms with E-state index in [9.17, 15) is 19.5 Å². The molecule has 1 aromatic rings. The number of carboxylic acid groups (broad SMARTS) is 1. The van der Waals surface area contributed by atoms with E-state index in [-0.39, 0.29) is 18.7 Å². The van der Waals surface area contributed by atoms with E-state index in [1.165, 1.54) is 6.92 Å². The fourth-order valence-corrected chi connectivity index (χ4v) is 1.51. The molecule has 0 fully saturated rings. The molecule has 0 saturated carbocycles. The molecule has 19 heavy (non-hydrogen) atoms. The third-order valence-corrected chi connectivity index (χ3v) is 2.38. The van der Waals surface area contributed by atoms with Gasteiger partial charge in [-0.1, -0.05) is 0 Å². The number of nitrogens with one attached hydrogen (secondary N) is 2. The van der Waals surface area contributed by atoms with Crippen LogP contribution in [0.15, 0.2) is 18.2 Å². The third kappa shape index (κ3) is 5.20. The first-order valence-electron chi connectivity index (χ1n) is 5.76. The van der Waals surface area contributed by atoms with Crippen molar-refractivity contribution >= 4 is 29.2 Å². The number of aryl methyl sites for hydroxylation is 1. The molecule has 2 amide bonds. The highest BCUT2D eigenvalue weighted by Crippen LogP contribution is 2.19. The summed E-state index contributed by atoms with van der Waals surface area (Å²) < 4.78 is 0. The SMILES string of the molecule is CC(=O)Nc1ccc(NC(=O)CCC(=O)[O-])cc1C. The van der Waals surface area contributed by atoms with Crippen LogP contribution in [0, 0.1) is 6.92 Å². The van der Waals surface area contributed by atoms with Crippen LogP contribution in [0.2, 0.25) is 0 Å². The van der Waals surface area contributed by atoms with E-state index in [1.807, 2.05) is 0 Å². The molecule has 102 valence electrons. The number of benzene rings is 1. The second-order valence-electron chi connectivity index (χ2n) is 4.13. The van der Waals surface area contributed by atoms with Gasteiger partial charge in [0.1, 0.15) is 0 Å². The van der Waals surface area contributed by atoms with Crippen molar-refractivity contribution in [3.05, 3.63) is 23.8 Å². The van der Waals surface area contributed by atoms with Crippen LogP contribution in [-0.4, -0.2) is 17.8 Å². The largest absolute Gasteiger partial charge is 0.550 e. The maximum atomic E-state index is 11.4. The lowest BCUT2D eigenvalue weighted by Gasteiger charge is -2.10. The summed E-state index contributed by atoms with van der Waals surface area (Å²) in [5, 5.41) is 15.5. The summed E-state index contributed by atoms with van der Waals surface area (Å²) in [6.07, 6.45) is -0.441. The second kappa shape index (κ2) is 6.53. The first kappa shape index (κ1) is 14.7. The Bertz CT molecular complexity index is 511. The van der Waals surface area contributed by atoms with Crippen LogP contribution in [0.3, 0.4) is 0 Å². The number of rotatable bonds is 5. The number of anilines is 2. The Morgan fingerprint density at radius 1 is 1.16 bits per heavy atom. The smallest absolute Gasteiger partial charge is 0.224 e. The number of hydrogen-bond donors (Lipinski definition) is 2. The molecule has 1 aromatic carbocycles. The molecular formula is C13H15N2O4-. The number of carbonyl (C=O) groups excluding carboxylic acids is 3. The van der Waals surface area contributed by atoms with Crippen molar-refractivity contribution in [1.82, 2.24) is 0 Å². The molecule has 2 N–H and O–H groups in total. The topological polar surface area (TPSA) is 98.3 Å². The third-order valence-electron chi connectivity index (χ3n) is 2.38. The van der Waals surface area contributed by atoms with Gasteiger partial charge in [0.05, 0.1) is 0 Å². The van der Waals surface area contributed by atoms with Crippen molar-refractivity contribution in [2.24, 2.45) is 0 Å². The molecule has 0 spiro atoms. The quantitative estimate of drug-likeness (QED) is 0.804. The maximum Gasteiger partial charge on any atom is 0.224 e. The summed E-state index contributed by atoms with van der Waals surface area (Å²) in [6, 6.07) is 5.00. The van der Waals surface area contributed by atoms with Gasteiger partial charge >= 0.3 is 0 Å².